The average Bonchev–Trinajstić information content (AvgIpc) is 2.97. The van der Waals surface area contributed by atoms with Crippen LogP contribution in [-0.4, -0.2) is 12.9 Å². The van der Waals surface area contributed by atoms with Crippen molar-refractivity contribution in [2.75, 3.05) is 7.11 Å². The molecule has 3 nitrogen and oxygen atoms in total. The number of hydrogen-bond donors (Lipinski definition) is 0. The van der Waals surface area contributed by atoms with E-state index in [-0.39, 0.29) is 5.78 Å². The molecule has 1 aromatic heterocycles. The maximum atomic E-state index is 12.5. The summed E-state index contributed by atoms with van der Waals surface area (Å²) in [5.74, 6) is -0.283. The van der Waals surface area contributed by atoms with Crippen LogP contribution in [0.25, 0.3) is 0 Å². The van der Waals surface area contributed by atoms with E-state index < -0.39 is 5.92 Å². The zero-order valence-electron chi connectivity index (χ0n) is 11.4. The number of Topliss-reactive ketones (excluding diaryl/α,β-unsaturated/α-hetero) is 1. The van der Waals surface area contributed by atoms with Crippen molar-refractivity contribution < 1.29 is 9.53 Å². The molecule has 0 saturated heterocycles. The highest BCUT2D eigenvalue weighted by Gasteiger charge is 2.23. The van der Waals surface area contributed by atoms with Crippen molar-refractivity contribution in [3.8, 4) is 11.8 Å². The van der Waals surface area contributed by atoms with Crippen molar-refractivity contribution in [1.82, 2.24) is 0 Å². The third-order valence-corrected chi connectivity index (χ3v) is 4.32. The van der Waals surface area contributed by atoms with E-state index in [0.717, 1.165) is 11.3 Å². The first-order valence-electron chi connectivity index (χ1n) is 6.36. The number of carbonyl (C=O) groups is 1. The molecule has 2 rings (SSSR count). The van der Waals surface area contributed by atoms with E-state index in [4.69, 9.17) is 4.74 Å². The van der Waals surface area contributed by atoms with Gasteiger partial charge in [-0.1, -0.05) is 19.1 Å². The summed E-state index contributed by atoms with van der Waals surface area (Å²) in [6.07, 6.45) is 0.897. The average molecular weight is 285 g/mol. The number of nitriles is 1. The van der Waals surface area contributed by atoms with Crippen LogP contribution in [0.5, 0.6) is 5.75 Å². The van der Waals surface area contributed by atoms with Gasteiger partial charge in [-0.05, 0) is 36.2 Å². The number of carbonyl (C=O) groups excluding carboxylic acids is 1. The Bertz CT molecular complexity index is 654. The molecule has 0 N–H and O–H groups in total. The van der Waals surface area contributed by atoms with Crippen LogP contribution in [0.3, 0.4) is 0 Å². The summed E-state index contributed by atoms with van der Waals surface area (Å²) >= 11 is 1.46. The monoisotopic (exact) mass is 285 g/mol. The minimum absolute atomic E-state index is 0.148. The second-order valence-electron chi connectivity index (χ2n) is 4.32. The van der Waals surface area contributed by atoms with Crippen LogP contribution in [0, 0.1) is 11.3 Å². The first-order chi connectivity index (χ1) is 9.69. The van der Waals surface area contributed by atoms with Crippen LogP contribution < -0.4 is 4.74 Å². The first kappa shape index (κ1) is 14.3. The lowest BCUT2D eigenvalue weighted by Crippen LogP contribution is -2.09. The molecule has 1 aromatic carbocycles. The second kappa shape index (κ2) is 6.36. The Balaban J connectivity index is 2.32. The van der Waals surface area contributed by atoms with Crippen molar-refractivity contribution in [1.29, 1.82) is 5.26 Å². The molecule has 4 heteroatoms. The van der Waals surface area contributed by atoms with Gasteiger partial charge in [0, 0.05) is 4.88 Å². The zero-order chi connectivity index (χ0) is 14.5. The molecule has 1 atom stereocenters. The summed E-state index contributed by atoms with van der Waals surface area (Å²) in [7, 11) is 1.56. The topological polar surface area (TPSA) is 50.1 Å². The highest BCUT2D eigenvalue weighted by molar-refractivity contribution is 7.14. The Kier molecular flexibility index (Phi) is 4.54. The Morgan fingerprint density at radius 3 is 2.80 bits per heavy atom. The first-order valence-corrected chi connectivity index (χ1v) is 7.17. The third kappa shape index (κ3) is 2.89. The number of thiophene rings is 1. The summed E-state index contributed by atoms with van der Waals surface area (Å²) in [5, 5.41) is 9.33. The molecule has 0 saturated carbocycles. The van der Waals surface area contributed by atoms with Gasteiger partial charge in [-0.2, -0.15) is 5.26 Å². The maximum Gasteiger partial charge on any atom is 0.194 e. The molecule has 1 heterocycles. The fourth-order valence-corrected chi connectivity index (χ4v) is 2.87. The van der Waals surface area contributed by atoms with Crippen molar-refractivity contribution in [3.05, 3.63) is 51.7 Å². The lowest BCUT2D eigenvalue weighted by Gasteiger charge is -2.08. The van der Waals surface area contributed by atoms with E-state index in [2.05, 4.69) is 6.07 Å². The van der Waals surface area contributed by atoms with Gasteiger partial charge in [0.25, 0.3) is 0 Å². The minimum Gasteiger partial charge on any atom is -0.497 e. The van der Waals surface area contributed by atoms with Crippen molar-refractivity contribution in [2.45, 2.75) is 19.3 Å². The largest absolute Gasteiger partial charge is 0.497 e. The Labute approximate surface area is 122 Å². The quantitative estimate of drug-likeness (QED) is 0.785. The number of hydrogen-bond acceptors (Lipinski definition) is 4. The summed E-state index contributed by atoms with van der Waals surface area (Å²) in [6, 6.07) is 12.9. The van der Waals surface area contributed by atoms with Gasteiger partial charge in [0.2, 0.25) is 0 Å². The van der Waals surface area contributed by atoms with Crippen LogP contribution >= 0.6 is 11.3 Å². The molecule has 2 aromatic rings. The SMILES string of the molecule is CCc1ccc(C(=O)C(C#N)c2cccc(OC)c2)s1. The van der Waals surface area contributed by atoms with Gasteiger partial charge in [0.15, 0.2) is 5.78 Å². The normalized spacial score (nSPS) is 11.7. The predicted octanol–water partition coefficient (Wildman–Crippen LogP) is 3.81. The van der Waals surface area contributed by atoms with Gasteiger partial charge >= 0.3 is 0 Å². The summed E-state index contributed by atoms with van der Waals surface area (Å²) in [6.45, 7) is 2.05. The van der Waals surface area contributed by atoms with Gasteiger partial charge in [0.05, 0.1) is 18.1 Å². The molecule has 0 aliphatic carbocycles. The van der Waals surface area contributed by atoms with Crippen LogP contribution in [0.1, 0.15) is 33.0 Å². The molecule has 0 amide bonds. The highest BCUT2D eigenvalue weighted by atomic mass is 32.1. The molecule has 0 aliphatic rings. The third-order valence-electron chi connectivity index (χ3n) is 3.07. The fourth-order valence-electron chi connectivity index (χ4n) is 1.95. The smallest absolute Gasteiger partial charge is 0.194 e. The van der Waals surface area contributed by atoms with Gasteiger partial charge in [-0.25, -0.2) is 0 Å². The minimum atomic E-state index is -0.784. The lowest BCUT2D eigenvalue weighted by molar-refractivity contribution is 0.0983. The number of nitrogens with zero attached hydrogens (tertiary/aromatic N) is 1. The standard InChI is InChI=1S/C16H15NO2S/c1-3-13-7-8-15(20-13)16(18)14(10-17)11-5-4-6-12(9-11)19-2/h4-9,14H,3H2,1-2H3. The molecule has 1 unspecified atom stereocenters. The predicted molar refractivity (Wildman–Crippen MR) is 79.4 cm³/mol. The highest BCUT2D eigenvalue weighted by Crippen LogP contribution is 2.27. The van der Waals surface area contributed by atoms with E-state index in [0.29, 0.717) is 16.2 Å². The van der Waals surface area contributed by atoms with E-state index in [1.54, 1.807) is 37.4 Å². The molecular formula is C16H15NO2S. The number of ketones is 1. The van der Waals surface area contributed by atoms with Crippen LogP contribution in [0.2, 0.25) is 0 Å². The number of rotatable bonds is 5. The molecule has 102 valence electrons. The summed E-state index contributed by atoms with van der Waals surface area (Å²) in [5.41, 5.74) is 0.670. The number of benzene rings is 1. The van der Waals surface area contributed by atoms with E-state index in [9.17, 15) is 10.1 Å². The van der Waals surface area contributed by atoms with Gasteiger partial charge < -0.3 is 4.74 Å². The number of ether oxygens (including phenoxy) is 1. The van der Waals surface area contributed by atoms with Crippen LogP contribution in [0.15, 0.2) is 36.4 Å². The number of methoxy groups -OCH3 is 1. The molecule has 0 fully saturated rings. The van der Waals surface area contributed by atoms with E-state index >= 15 is 0 Å². The lowest BCUT2D eigenvalue weighted by atomic mass is 9.95. The van der Waals surface area contributed by atoms with Crippen molar-refractivity contribution >= 4 is 17.1 Å². The van der Waals surface area contributed by atoms with Gasteiger partial charge in [-0.15, -0.1) is 11.3 Å². The molecule has 0 aliphatic heterocycles. The Hall–Kier alpha value is -2.12. The zero-order valence-corrected chi connectivity index (χ0v) is 12.2. The van der Waals surface area contributed by atoms with Crippen LogP contribution in [-0.2, 0) is 6.42 Å². The molecule has 20 heavy (non-hydrogen) atoms. The van der Waals surface area contributed by atoms with Crippen molar-refractivity contribution in [2.24, 2.45) is 0 Å². The summed E-state index contributed by atoms with van der Waals surface area (Å²) in [4.78, 5) is 14.2. The Morgan fingerprint density at radius 1 is 1.40 bits per heavy atom. The summed E-state index contributed by atoms with van der Waals surface area (Å²) < 4.78 is 5.14. The van der Waals surface area contributed by atoms with Gasteiger partial charge in [-0.3, -0.25) is 4.79 Å². The van der Waals surface area contributed by atoms with E-state index in [1.165, 1.54) is 11.3 Å². The molecule has 0 radical (unpaired) electrons. The fraction of sp³-hybridized carbons (Fsp3) is 0.250. The van der Waals surface area contributed by atoms with Gasteiger partial charge in [0.1, 0.15) is 11.7 Å². The molecular weight excluding hydrogens is 270 g/mol. The Morgan fingerprint density at radius 2 is 2.20 bits per heavy atom. The molecule has 0 spiro atoms. The maximum absolute atomic E-state index is 12.5. The van der Waals surface area contributed by atoms with Crippen molar-refractivity contribution in [3.63, 3.8) is 0 Å². The van der Waals surface area contributed by atoms with E-state index in [1.807, 2.05) is 13.0 Å². The second-order valence-corrected chi connectivity index (χ2v) is 5.49. The number of aryl methyl sites for hydroxylation is 1. The molecule has 0 bridgehead atoms. The van der Waals surface area contributed by atoms with Crippen LogP contribution in [0.4, 0.5) is 0 Å².